The van der Waals surface area contributed by atoms with Gasteiger partial charge in [-0.3, -0.25) is 4.79 Å². The van der Waals surface area contributed by atoms with Crippen molar-refractivity contribution in [2.45, 2.75) is 20.3 Å². The topological polar surface area (TPSA) is 83.0 Å². The Hall–Kier alpha value is -2.37. The number of amides is 1. The van der Waals surface area contributed by atoms with Crippen molar-refractivity contribution in [2.24, 2.45) is 11.7 Å². The van der Waals surface area contributed by atoms with Gasteiger partial charge in [-0.15, -0.1) is 0 Å². The quantitative estimate of drug-likeness (QED) is 0.829. The molecule has 1 aromatic heterocycles. The van der Waals surface area contributed by atoms with E-state index in [9.17, 15) is 4.79 Å². The van der Waals surface area contributed by atoms with Crippen LogP contribution in [0.2, 0.25) is 0 Å². The van der Waals surface area contributed by atoms with Gasteiger partial charge in [0.05, 0.1) is 19.0 Å². The third-order valence-corrected chi connectivity index (χ3v) is 2.68. The molecule has 0 spiro atoms. The Labute approximate surface area is 125 Å². The molecule has 0 aliphatic rings. The highest BCUT2D eigenvalue weighted by Crippen LogP contribution is 2.07. The molecule has 5 nitrogen and oxygen atoms in total. The average Bonchev–Trinajstić information content (AvgIpc) is 2.49. The molecule has 1 aromatic rings. The van der Waals surface area contributed by atoms with Crippen molar-refractivity contribution in [1.29, 1.82) is 5.26 Å². The summed E-state index contributed by atoms with van der Waals surface area (Å²) in [6.45, 7) is 5.38. The fourth-order valence-electron chi connectivity index (χ4n) is 1.81. The first-order valence-electron chi connectivity index (χ1n) is 6.89. The zero-order valence-electron chi connectivity index (χ0n) is 12.5. The van der Waals surface area contributed by atoms with E-state index in [1.165, 1.54) is 0 Å². The predicted octanol–water partition coefficient (Wildman–Crippen LogP) is 1.40. The van der Waals surface area contributed by atoms with Gasteiger partial charge in [0.1, 0.15) is 5.69 Å². The first kappa shape index (κ1) is 16.7. The minimum atomic E-state index is -0.155. The Morgan fingerprint density at radius 1 is 1.48 bits per heavy atom. The van der Waals surface area contributed by atoms with E-state index in [1.54, 1.807) is 23.2 Å². The molecule has 2 N–H and O–H groups in total. The van der Waals surface area contributed by atoms with Gasteiger partial charge in [0.15, 0.2) is 0 Å². The number of nitrogens with two attached hydrogens (primary N) is 1. The number of carbonyl (C=O) groups excluding carboxylic acids is 1. The summed E-state index contributed by atoms with van der Waals surface area (Å²) in [5, 5.41) is 8.69. The minimum absolute atomic E-state index is 0.155. The maximum absolute atomic E-state index is 12.4. The summed E-state index contributed by atoms with van der Waals surface area (Å²) < 4.78 is 0. The van der Waals surface area contributed by atoms with Gasteiger partial charge in [0.25, 0.3) is 5.91 Å². The fourth-order valence-corrected chi connectivity index (χ4v) is 1.81. The zero-order valence-corrected chi connectivity index (χ0v) is 12.5. The summed E-state index contributed by atoms with van der Waals surface area (Å²) in [5.41, 5.74) is 6.40. The Morgan fingerprint density at radius 3 is 2.76 bits per heavy atom. The van der Waals surface area contributed by atoms with Crippen LogP contribution in [0.15, 0.2) is 18.3 Å². The number of pyridine rings is 1. The van der Waals surface area contributed by atoms with Crippen LogP contribution in [0.4, 0.5) is 0 Å². The van der Waals surface area contributed by atoms with Crippen LogP contribution in [-0.4, -0.2) is 35.4 Å². The molecule has 0 aromatic carbocycles. The molecule has 0 fully saturated rings. The molecule has 0 aliphatic heterocycles. The fraction of sp³-hybridized carbons (Fsp3) is 0.438. The SMILES string of the molecule is CC(C)CN(CCC#N)C(=O)c1ccc(C#CCN)cn1. The van der Waals surface area contributed by atoms with E-state index in [0.29, 0.717) is 31.1 Å². The molecular weight excluding hydrogens is 264 g/mol. The van der Waals surface area contributed by atoms with Crippen LogP contribution >= 0.6 is 0 Å². The predicted molar refractivity (Wildman–Crippen MR) is 81.1 cm³/mol. The van der Waals surface area contributed by atoms with E-state index in [2.05, 4.69) is 22.9 Å². The third-order valence-electron chi connectivity index (χ3n) is 2.68. The van der Waals surface area contributed by atoms with Gasteiger partial charge in [-0.25, -0.2) is 4.98 Å². The Kier molecular flexibility index (Phi) is 6.94. The first-order chi connectivity index (χ1) is 10.1. The van der Waals surface area contributed by atoms with Crippen molar-refractivity contribution in [2.75, 3.05) is 19.6 Å². The van der Waals surface area contributed by atoms with Crippen molar-refractivity contribution in [3.8, 4) is 17.9 Å². The molecule has 0 saturated carbocycles. The minimum Gasteiger partial charge on any atom is -0.336 e. The monoisotopic (exact) mass is 284 g/mol. The van der Waals surface area contributed by atoms with E-state index in [0.717, 1.165) is 5.56 Å². The van der Waals surface area contributed by atoms with Gasteiger partial charge in [-0.1, -0.05) is 25.7 Å². The normalized spacial score (nSPS) is 9.67. The van der Waals surface area contributed by atoms with Crippen molar-refractivity contribution in [1.82, 2.24) is 9.88 Å². The van der Waals surface area contributed by atoms with Crippen LogP contribution in [0, 0.1) is 29.1 Å². The van der Waals surface area contributed by atoms with Crippen LogP contribution in [0.5, 0.6) is 0 Å². The van der Waals surface area contributed by atoms with Crippen LogP contribution in [0.25, 0.3) is 0 Å². The van der Waals surface area contributed by atoms with Crippen molar-refractivity contribution >= 4 is 5.91 Å². The van der Waals surface area contributed by atoms with Crippen LogP contribution in [-0.2, 0) is 0 Å². The molecule has 0 atom stereocenters. The molecule has 0 aliphatic carbocycles. The second kappa shape index (κ2) is 8.73. The summed E-state index contributed by atoms with van der Waals surface area (Å²) >= 11 is 0. The van der Waals surface area contributed by atoms with Gasteiger partial charge in [-0.2, -0.15) is 5.26 Å². The molecule has 0 unspecified atom stereocenters. The van der Waals surface area contributed by atoms with Crippen LogP contribution in [0.1, 0.15) is 36.3 Å². The van der Waals surface area contributed by atoms with E-state index in [1.807, 2.05) is 13.8 Å². The lowest BCUT2D eigenvalue weighted by Crippen LogP contribution is -2.35. The molecule has 1 heterocycles. The Balaban J connectivity index is 2.85. The second-order valence-corrected chi connectivity index (χ2v) is 4.99. The Morgan fingerprint density at radius 2 is 2.24 bits per heavy atom. The highest BCUT2D eigenvalue weighted by atomic mass is 16.2. The lowest BCUT2D eigenvalue weighted by atomic mass is 10.2. The molecule has 110 valence electrons. The number of hydrogen-bond donors (Lipinski definition) is 1. The number of rotatable bonds is 5. The molecule has 0 saturated heterocycles. The van der Waals surface area contributed by atoms with Crippen LogP contribution < -0.4 is 5.73 Å². The van der Waals surface area contributed by atoms with Crippen molar-refractivity contribution < 1.29 is 4.79 Å². The van der Waals surface area contributed by atoms with Gasteiger partial charge >= 0.3 is 0 Å². The number of carbonyl (C=O) groups is 1. The molecule has 1 amide bonds. The molecule has 1 rings (SSSR count). The summed E-state index contributed by atoms with van der Waals surface area (Å²) in [7, 11) is 0. The smallest absolute Gasteiger partial charge is 0.272 e. The third kappa shape index (κ3) is 5.64. The van der Waals surface area contributed by atoms with E-state index < -0.39 is 0 Å². The molecular formula is C16H20N4O. The van der Waals surface area contributed by atoms with E-state index >= 15 is 0 Å². The van der Waals surface area contributed by atoms with Gasteiger partial charge < -0.3 is 10.6 Å². The van der Waals surface area contributed by atoms with Crippen molar-refractivity contribution in [3.63, 3.8) is 0 Å². The maximum atomic E-state index is 12.4. The van der Waals surface area contributed by atoms with E-state index in [4.69, 9.17) is 11.0 Å². The summed E-state index contributed by atoms with van der Waals surface area (Å²) in [4.78, 5) is 18.2. The van der Waals surface area contributed by atoms with Crippen LogP contribution in [0.3, 0.4) is 0 Å². The lowest BCUT2D eigenvalue weighted by Gasteiger charge is -2.23. The highest BCUT2D eigenvalue weighted by molar-refractivity contribution is 5.92. The number of nitrogens with zero attached hydrogens (tertiary/aromatic N) is 3. The lowest BCUT2D eigenvalue weighted by molar-refractivity contribution is 0.0734. The standard InChI is InChI=1S/C16H20N4O/c1-13(2)12-20(10-4-9-18)16(21)15-7-6-14(11-19-15)5-3-8-17/h6-7,11,13H,4,8,10,12,17H2,1-2H3. The molecule has 0 radical (unpaired) electrons. The summed E-state index contributed by atoms with van der Waals surface area (Å²) in [6, 6.07) is 5.47. The summed E-state index contributed by atoms with van der Waals surface area (Å²) in [5.74, 6) is 5.78. The molecule has 5 heteroatoms. The largest absolute Gasteiger partial charge is 0.336 e. The zero-order chi connectivity index (χ0) is 15.7. The average molecular weight is 284 g/mol. The number of aromatic nitrogens is 1. The number of nitriles is 1. The van der Waals surface area contributed by atoms with Gasteiger partial charge in [-0.05, 0) is 18.1 Å². The highest BCUT2D eigenvalue weighted by Gasteiger charge is 2.17. The summed E-state index contributed by atoms with van der Waals surface area (Å²) in [6.07, 6.45) is 1.88. The van der Waals surface area contributed by atoms with Crippen molar-refractivity contribution in [3.05, 3.63) is 29.6 Å². The molecule has 21 heavy (non-hydrogen) atoms. The molecule has 0 bridgehead atoms. The Bertz CT molecular complexity index is 561. The second-order valence-electron chi connectivity index (χ2n) is 4.99. The van der Waals surface area contributed by atoms with Gasteiger partial charge in [0.2, 0.25) is 0 Å². The first-order valence-corrected chi connectivity index (χ1v) is 6.89. The van der Waals surface area contributed by atoms with Gasteiger partial charge in [0, 0.05) is 24.8 Å². The van der Waals surface area contributed by atoms with E-state index in [-0.39, 0.29) is 12.5 Å². The maximum Gasteiger partial charge on any atom is 0.272 e. The number of hydrogen-bond acceptors (Lipinski definition) is 4.